The van der Waals surface area contributed by atoms with E-state index in [2.05, 4.69) is 86.7 Å². The lowest BCUT2D eigenvalue weighted by molar-refractivity contribution is 0.627. The predicted molar refractivity (Wildman–Crippen MR) is 92.8 cm³/mol. The molecule has 1 aromatic carbocycles. The molecule has 0 aromatic heterocycles. The summed E-state index contributed by atoms with van der Waals surface area (Å²) < 4.78 is 0. The summed E-state index contributed by atoms with van der Waals surface area (Å²) in [7, 11) is 0. The van der Waals surface area contributed by atoms with Gasteiger partial charge in [0.25, 0.3) is 0 Å². The first-order chi connectivity index (χ1) is 10.1. The summed E-state index contributed by atoms with van der Waals surface area (Å²) in [6.07, 6.45) is 20.0. The van der Waals surface area contributed by atoms with E-state index >= 15 is 0 Å². The van der Waals surface area contributed by atoms with Gasteiger partial charge in [0.2, 0.25) is 0 Å². The number of hydrogen-bond acceptors (Lipinski definition) is 0. The van der Waals surface area contributed by atoms with Gasteiger partial charge in [-0.15, -0.1) is 0 Å². The summed E-state index contributed by atoms with van der Waals surface area (Å²) >= 11 is 0. The number of hydrogen-bond donors (Lipinski definition) is 0. The van der Waals surface area contributed by atoms with Crippen LogP contribution in [0.15, 0.2) is 72.9 Å². The molecule has 0 nitrogen and oxygen atoms in total. The molecule has 0 heteroatoms. The maximum atomic E-state index is 2.27. The van der Waals surface area contributed by atoms with Crippen molar-refractivity contribution in [1.29, 1.82) is 0 Å². The third-order valence-electron chi connectivity index (χ3n) is 4.10. The highest BCUT2D eigenvalue weighted by molar-refractivity contribution is 5.77. The molecular formula is C21H22. The van der Waals surface area contributed by atoms with E-state index in [0.29, 0.717) is 0 Å². The van der Waals surface area contributed by atoms with E-state index in [4.69, 9.17) is 0 Å². The van der Waals surface area contributed by atoms with Crippen molar-refractivity contribution in [3.8, 4) is 0 Å². The highest BCUT2D eigenvalue weighted by Crippen LogP contribution is 2.28. The first-order valence-corrected chi connectivity index (χ1v) is 7.69. The van der Waals surface area contributed by atoms with Crippen LogP contribution < -0.4 is 0 Å². The van der Waals surface area contributed by atoms with Crippen LogP contribution in [0, 0.1) is 5.41 Å². The van der Waals surface area contributed by atoms with Gasteiger partial charge in [-0.3, -0.25) is 0 Å². The summed E-state index contributed by atoms with van der Waals surface area (Å²) in [4.78, 5) is 0. The molecule has 2 aliphatic rings. The smallest absolute Gasteiger partial charge is 0.00109 e. The van der Waals surface area contributed by atoms with Gasteiger partial charge < -0.3 is 0 Å². The van der Waals surface area contributed by atoms with Crippen LogP contribution in [0.3, 0.4) is 0 Å². The molecule has 3 rings (SSSR count). The Morgan fingerprint density at radius 2 is 1.62 bits per heavy atom. The standard InChI is InChI=1S/C21H22/c1-21(2)15-6-9-18(14-16-21)20-12-10-19(11-13-20)17-7-4-3-5-8-17/h3-4,6-7,9-16H,5,8H2,1-2H3. The summed E-state index contributed by atoms with van der Waals surface area (Å²) in [6, 6.07) is 8.96. The fourth-order valence-corrected chi connectivity index (χ4v) is 2.73. The summed E-state index contributed by atoms with van der Waals surface area (Å²) in [5, 5.41) is 0. The minimum atomic E-state index is 0.136. The van der Waals surface area contributed by atoms with Crippen molar-refractivity contribution in [3.05, 3.63) is 84.0 Å². The van der Waals surface area contributed by atoms with Crippen molar-refractivity contribution in [2.45, 2.75) is 26.7 Å². The Kier molecular flexibility index (Phi) is 3.79. The van der Waals surface area contributed by atoms with Crippen LogP contribution in [0.1, 0.15) is 37.8 Å². The molecule has 0 saturated carbocycles. The monoisotopic (exact) mass is 274 g/mol. The van der Waals surface area contributed by atoms with Crippen LogP contribution in [0.4, 0.5) is 0 Å². The van der Waals surface area contributed by atoms with E-state index in [1.54, 1.807) is 0 Å². The third-order valence-corrected chi connectivity index (χ3v) is 4.10. The van der Waals surface area contributed by atoms with Crippen LogP contribution in [0.2, 0.25) is 0 Å². The zero-order valence-electron chi connectivity index (χ0n) is 12.8. The van der Waals surface area contributed by atoms with Crippen molar-refractivity contribution in [2.75, 3.05) is 0 Å². The molecule has 1 aromatic rings. The van der Waals surface area contributed by atoms with Crippen LogP contribution in [0.25, 0.3) is 11.1 Å². The average molecular weight is 274 g/mol. The Balaban J connectivity index is 1.85. The lowest BCUT2D eigenvalue weighted by Gasteiger charge is -2.13. The van der Waals surface area contributed by atoms with Crippen LogP contribution in [-0.2, 0) is 0 Å². The fourth-order valence-electron chi connectivity index (χ4n) is 2.73. The van der Waals surface area contributed by atoms with E-state index in [9.17, 15) is 0 Å². The molecule has 21 heavy (non-hydrogen) atoms. The maximum absolute atomic E-state index is 2.27. The first-order valence-electron chi connectivity index (χ1n) is 7.69. The molecule has 0 saturated heterocycles. The van der Waals surface area contributed by atoms with Crippen molar-refractivity contribution >= 4 is 11.1 Å². The van der Waals surface area contributed by atoms with E-state index in [-0.39, 0.29) is 5.41 Å². The Bertz CT molecular complexity index is 658. The van der Waals surface area contributed by atoms with Crippen molar-refractivity contribution in [1.82, 2.24) is 0 Å². The molecule has 0 unspecified atom stereocenters. The third kappa shape index (κ3) is 3.33. The zero-order valence-corrected chi connectivity index (χ0v) is 12.8. The van der Waals surface area contributed by atoms with Gasteiger partial charge in [-0.1, -0.05) is 86.7 Å². The summed E-state index contributed by atoms with van der Waals surface area (Å²) in [5.74, 6) is 0. The van der Waals surface area contributed by atoms with Gasteiger partial charge in [0.15, 0.2) is 0 Å². The number of allylic oxidation sites excluding steroid dienone is 10. The van der Waals surface area contributed by atoms with Gasteiger partial charge in [0.1, 0.15) is 0 Å². The minimum absolute atomic E-state index is 0.136. The molecule has 106 valence electrons. The Hall–Kier alpha value is -2.08. The Morgan fingerprint density at radius 3 is 2.33 bits per heavy atom. The summed E-state index contributed by atoms with van der Waals surface area (Å²) in [6.45, 7) is 4.45. The molecule has 0 aliphatic heterocycles. The second-order valence-corrected chi connectivity index (χ2v) is 6.37. The molecule has 0 spiro atoms. The summed E-state index contributed by atoms with van der Waals surface area (Å²) in [5.41, 5.74) is 5.48. The predicted octanol–water partition coefficient (Wildman–Crippen LogP) is 5.96. The van der Waals surface area contributed by atoms with E-state index in [0.717, 1.165) is 12.8 Å². The molecule has 0 bridgehead atoms. The average Bonchev–Trinajstić information content (AvgIpc) is 2.69. The quantitative estimate of drug-likeness (QED) is 0.624. The van der Waals surface area contributed by atoms with E-state index in [1.165, 1.54) is 22.3 Å². The highest BCUT2D eigenvalue weighted by atomic mass is 14.2. The van der Waals surface area contributed by atoms with Gasteiger partial charge in [-0.2, -0.15) is 0 Å². The lowest BCUT2D eigenvalue weighted by atomic mass is 9.92. The van der Waals surface area contributed by atoms with Gasteiger partial charge >= 0.3 is 0 Å². The van der Waals surface area contributed by atoms with E-state index < -0.39 is 0 Å². The van der Waals surface area contributed by atoms with Gasteiger partial charge in [0.05, 0.1) is 0 Å². The number of benzene rings is 1. The van der Waals surface area contributed by atoms with Crippen molar-refractivity contribution < 1.29 is 0 Å². The SMILES string of the molecule is CC1(C)C=CC=C(c2ccc(C3=CC=CCC3)cc2)C=C1. The normalized spacial score (nSPS) is 19.9. The van der Waals surface area contributed by atoms with Crippen LogP contribution >= 0.6 is 0 Å². The van der Waals surface area contributed by atoms with Crippen LogP contribution in [-0.4, -0.2) is 0 Å². The Morgan fingerprint density at radius 1 is 0.857 bits per heavy atom. The first kappa shape index (κ1) is 13.9. The molecule has 0 heterocycles. The van der Waals surface area contributed by atoms with Crippen molar-refractivity contribution in [3.63, 3.8) is 0 Å². The lowest BCUT2D eigenvalue weighted by Crippen LogP contribution is -2.00. The minimum Gasteiger partial charge on any atom is -0.0842 e. The molecule has 0 amide bonds. The van der Waals surface area contributed by atoms with Gasteiger partial charge in [-0.25, -0.2) is 0 Å². The fraction of sp³-hybridized carbons (Fsp3) is 0.238. The molecule has 2 aliphatic carbocycles. The molecule has 0 atom stereocenters. The highest BCUT2D eigenvalue weighted by Gasteiger charge is 2.11. The number of rotatable bonds is 2. The molecule has 0 fully saturated rings. The second-order valence-electron chi connectivity index (χ2n) is 6.37. The van der Waals surface area contributed by atoms with Crippen molar-refractivity contribution in [2.24, 2.45) is 5.41 Å². The van der Waals surface area contributed by atoms with Gasteiger partial charge in [0, 0.05) is 5.41 Å². The molecular weight excluding hydrogens is 252 g/mol. The van der Waals surface area contributed by atoms with Crippen LogP contribution in [0.5, 0.6) is 0 Å². The largest absolute Gasteiger partial charge is 0.0842 e. The zero-order chi connectivity index (χ0) is 14.7. The van der Waals surface area contributed by atoms with Gasteiger partial charge in [-0.05, 0) is 35.1 Å². The maximum Gasteiger partial charge on any atom is 0.00109 e. The topological polar surface area (TPSA) is 0 Å². The van der Waals surface area contributed by atoms with E-state index in [1.807, 2.05) is 0 Å². The molecule has 0 N–H and O–H groups in total. The Labute approximate surface area is 127 Å². The second kappa shape index (κ2) is 5.73. The molecule has 0 radical (unpaired) electrons.